The van der Waals surface area contributed by atoms with Crippen LogP contribution in [0.5, 0.6) is 0 Å². The largest absolute Gasteiger partial charge is 0.338 e. The normalized spacial score (nSPS) is 12.1. The molecular weight excluding hydrogens is 382 g/mol. The van der Waals surface area contributed by atoms with E-state index in [0.717, 1.165) is 5.56 Å². The van der Waals surface area contributed by atoms with E-state index in [2.05, 4.69) is 15.3 Å². The molecule has 1 atom stereocenters. The molecule has 8 heteroatoms. The van der Waals surface area contributed by atoms with Crippen LogP contribution in [0.2, 0.25) is 0 Å². The fraction of sp³-hybridized carbons (Fsp3) is 0.182. The minimum Gasteiger partial charge on any atom is -0.338 e. The Balaban J connectivity index is 1.73. The number of nitrogens with one attached hydrogen (secondary N) is 2. The summed E-state index contributed by atoms with van der Waals surface area (Å²) in [6.07, 6.45) is 3.50. The maximum atomic E-state index is 13.1. The molecule has 8 nitrogen and oxygen atoms in total. The molecule has 0 aliphatic rings. The van der Waals surface area contributed by atoms with E-state index >= 15 is 0 Å². The number of rotatable bonds is 5. The third-order valence-electron chi connectivity index (χ3n) is 5.08. The highest BCUT2D eigenvalue weighted by Gasteiger charge is 2.21. The van der Waals surface area contributed by atoms with Gasteiger partial charge in [-0.2, -0.15) is 0 Å². The number of fused-ring (bicyclic) bond motifs is 1. The van der Waals surface area contributed by atoms with Crippen molar-refractivity contribution in [3.8, 4) is 0 Å². The predicted octanol–water partition coefficient (Wildman–Crippen LogP) is 1.96. The van der Waals surface area contributed by atoms with Gasteiger partial charge in [0.2, 0.25) is 0 Å². The molecule has 1 amide bonds. The Morgan fingerprint density at radius 2 is 1.93 bits per heavy atom. The van der Waals surface area contributed by atoms with E-state index in [4.69, 9.17) is 0 Å². The summed E-state index contributed by atoms with van der Waals surface area (Å²) in [4.78, 5) is 44.0. The van der Waals surface area contributed by atoms with Crippen LogP contribution in [0, 0.1) is 0 Å². The summed E-state index contributed by atoms with van der Waals surface area (Å²) in [6, 6.07) is 14.0. The molecule has 1 unspecified atom stereocenters. The molecule has 2 N–H and O–H groups in total. The van der Waals surface area contributed by atoms with E-state index in [0.29, 0.717) is 29.0 Å². The number of H-pyrrole nitrogens is 1. The Morgan fingerprint density at radius 1 is 1.17 bits per heavy atom. The van der Waals surface area contributed by atoms with Crippen molar-refractivity contribution < 1.29 is 4.79 Å². The van der Waals surface area contributed by atoms with Crippen LogP contribution in [0.1, 0.15) is 34.7 Å². The van der Waals surface area contributed by atoms with Crippen LogP contribution in [-0.2, 0) is 13.6 Å². The summed E-state index contributed by atoms with van der Waals surface area (Å²) in [6.45, 7) is 2.15. The number of imidazole rings is 1. The van der Waals surface area contributed by atoms with Gasteiger partial charge in [0.1, 0.15) is 11.9 Å². The highest BCUT2D eigenvalue weighted by atomic mass is 16.2. The Bertz CT molecular complexity index is 1330. The van der Waals surface area contributed by atoms with E-state index < -0.39 is 17.2 Å². The second-order valence-corrected chi connectivity index (χ2v) is 6.95. The van der Waals surface area contributed by atoms with Crippen molar-refractivity contribution >= 4 is 16.9 Å². The first-order valence-electron chi connectivity index (χ1n) is 9.59. The SMILES string of the molecule is CCn1c(=O)c(=O)[nH]c2cc(C(=O)NC(c3ccccc3)c3nccn3C)ccc21. The molecule has 0 spiro atoms. The lowest BCUT2D eigenvalue weighted by molar-refractivity contribution is 0.0941. The van der Waals surface area contributed by atoms with Crippen LogP contribution in [0.15, 0.2) is 70.5 Å². The van der Waals surface area contributed by atoms with Gasteiger partial charge in [0.15, 0.2) is 0 Å². The standard InChI is InChI=1S/C22H21N5O3/c1-3-27-17-10-9-15(13-16(17)24-21(29)22(27)30)20(28)25-18(14-7-5-4-6-8-14)19-23-11-12-26(19)2/h4-13,18H,3H2,1-2H3,(H,24,29)(H,25,28). The zero-order valence-electron chi connectivity index (χ0n) is 16.6. The van der Waals surface area contributed by atoms with Gasteiger partial charge in [0, 0.05) is 31.5 Å². The van der Waals surface area contributed by atoms with Gasteiger partial charge in [-0.25, -0.2) is 4.98 Å². The van der Waals surface area contributed by atoms with Crippen LogP contribution >= 0.6 is 0 Å². The zero-order chi connectivity index (χ0) is 21.3. The average molecular weight is 403 g/mol. The Labute approximate surface area is 171 Å². The fourth-order valence-electron chi connectivity index (χ4n) is 3.55. The molecule has 0 saturated carbocycles. The Kier molecular flexibility index (Phi) is 5.05. The minimum absolute atomic E-state index is 0.316. The van der Waals surface area contributed by atoms with Crippen molar-refractivity contribution in [3.05, 3.63) is 98.6 Å². The highest BCUT2D eigenvalue weighted by Crippen LogP contribution is 2.21. The average Bonchev–Trinajstić information content (AvgIpc) is 3.18. The molecule has 4 rings (SSSR count). The van der Waals surface area contributed by atoms with Gasteiger partial charge in [-0.05, 0) is 30.7 Å². The van der Waals surface area contributed by atoms with E-state index in [1.165, 1.54) is 4.57 Å². The zero-order valence-corrected chi connectivity index (χ0v) is 16.6. The molecule has 0 fully saturated rings. The summed E-state index contributed by atoms with van der Waals surface area (Å²) in [5, 5.41) is 3.03. The summed E-state index contributed by atoms with van der Waals surface area (Å²) in [5.41, 5.74) is 0.951. The quantitative estimate of drug-likeness (QED) is 0.497. The third-order valence-corrected chi connectivity index (χ3v) is 5.08. The van der Waals surface area contributed by atoms with E-state index in [-0.39, 0.29) is 5.91 Å². The van der Waals surface area contributed by atoms with Crippen molar-refractivity contribution in [1.29, 1.82) is 0 Å². The van der Waals surface area contributed by atoms with Gasteiger partial charge in [-0.15, -0.1) is 0 Å². The van der Waals surface area contributed by atoms with Gasteiger partial charge in [0.05, 0.1) is 11.0 Å². The number of benzene rings is 2. The van der Waals surface area contributed by atoms with Crippen molar-refractivity contribution in [2.45, 2.75) is 19.5 Å². The first-order valence-corrected chi connectivity index (χ1v) is 9.59. The minimum atomic E-state index is -0.711. The lowest BCUT2D eigenvalue weighted by Gasteiger charge is -2.19. The van der Waals surface area contributed by atoms with Crippen molar-refractivity contribution in [2.24, 2.45) is 7.05 Å². The number of hydrogen-bond donors (Lipinski definition) is 2. The molecule has 0 aliphatic heterocycles. The topological polar surface area (TPSA) is 102 Å². The second-order valence-electron chi connectivity index (χ2n) is 6.95. The molecule has 0 radical (unpaired) electrons. The van der Waals surface area contributed by atoms with Gasteiger partial charge in [0.25, 0.3) is 5.91 Å². The first-order chi connectivity index (χ1) is 14.5. The number of aromatic nitrogens is 4. The number of amides is 1. The summed E-state index contributed by atoms with van der Waals surface area (Å²) in [7, 11) is 1.87. The fourth-order valence-corrected chi connectivity index (χ4v) is 3.55. The highest BCUT2D eigenvalue weighted by molar-refractivity contribution is 5.97. The lowest BCUT2D eigenvalue weighted by Crippen LogP contribution is -2.36. The van der Waals surface area contributed by atoms with E-state index in [9.17, 15) is 14.4 Å². The Hall–Kier alpha value is -3.94. The molecule has 2 aromatic carbocycles. The summed E-state index contributed by atoms with van der Waals surface area (Å²) >= 11 is 0. The van der Waals surface area contributed by atoms with Crippen molar-refractivity contribution in [2.75, 3.05) is 0 Å². The van der Waals surface area contributed by atoms with Crippen molar-refractivity contribution in [3.63, 3.8) is 0 Å². The summed E-state index contributed by atoms with van der Waals surface area (Å²) < 4.78 is 3.24. The maximum Gasteiger partial charge on any atom is 0.316 e. The van der Waals surface area contributed by atoms with Crippen molar-refractivity contribution in [1.82, 2.24) is 24.4 Å². The molecular formula is C22H21N5O3. The van der Waals surface area contributed by atoms with E-state index in [1.807, 2.05) is 48.1 Å². The summed E-state index contributed by atoms with van der Waals surface area (Å²) in [5.74, 6) is 0.382. The third kappa shape index (κ3) is 3.43. The number of hydrogen-bond acceptors (Lipinski definition) is 4. The van der Waals surface area contributed by atoms with Gasteiger partial charge >= 0.3 is 11.1 Å². The van der Waals surface area contributed by atoms with Crippen LogP contribution in [0.25, 0.3) is 11.0 Å². The number of aromatic amines is 1. The molecule has 0 aliphatic carbocycles. The molecule has 2 aromatic heterocycles. The Morgan fingerprint density at radius 3 is 2.60 bits per heavy atom. The molecule has 152 valence electrons. The lowest BCUT2D eigenvalue weighted by atomic mass is 10.1. The van der Waals surface area contributed by atoms with Gasteiger partial charge in [-0.3, -0.25) is 14.4 Å². The second kappa shape index (κ2) is 7.82. The number of carbonyl (C=O) groups is 1. The monoisotopic (exact) mass is 403 g/mol. The van der Waals surface area contributed by atoms with Crippen LogP contribution in [0.4, 0.5) is 0 Å². The molecule has 4 aromatic rings. The maximum absolute atomic E-state index is 13.1. The number of aryl methyl sites for hydroxylation is 2. The van der Waals surface area contributed by atoms with E-state index in [1.54, 1.807) is 31.3 Å². The smallest absolute Gasteiger partial charge is 0.316 e. The predicted molar refractivity (Wildman–Crippen MR) is 113 cm³/mol. The van der Waals surface area contributed by atoms with Gasteiger partial charge in [-0.1, -0.05) is 30.3 Å². The molecule has 30 heavy (non-hydrogen) atoms. The van der Waals surface area contributed by atoms with Crippen LogP contribution in [0.3, 0.4) is 0 Å². The number of nitrogens with zero attached hydrogens (tertiary/aromatic N) is 3. The van der Waals surface area contributed by atoms with Crippen LogP contribution in [-0.4, -0.2) is 25.0 Å². The number of carbonyl (C=O) groups excluding carboxylic acids is 1. The first kappa shape index (κ1) is 19.4. The van der Waals surface area contributed by atoms with Gasteiger partial charge < -0.3 is 19.4 Å². The molecule has 0 bridgehead atoms. The molecule has 2 heterocycles. The molecule has 0 saturated heterocycles. The van der Waals surface area contributed by atoms with Crippen LogP contribution < -0.4 is 16.4 Å².